The van der Waals surface area contributed by atoms with Crippen molar-refractivity contribution in [2.24, 2.45) is 0 Å². The number of fused-ring (bicyclic) bond motifs is 1. The van der Waals surface area contributed by atoms with Crippen LogP contribution < -0.4 is 16.6 Å². The third-order valence-electron chi connectivity index (χ3n) is 3.86. The molecule has 23 heavy (non-hydrogen) atoms. The molecule has 6 nitrogen and oxygen atoms in total. The van der Waals surface area contributed by atoms with Gasteiger partial charge < -0.3 is 11.1 Å². The highest BCUT2D eigenvalue weighted by molar-refractivity contribution is 5.98. The number of hydrogen-bond acceptors (Lipinski definition) is 5. The fourth-order valence-electron chi connectivity index (χ4n) is 2.96. The zero-order valence-electron chi connectivity index (χ0n) is 12.6. The highest BCUT2D eigenvalue weighted by Gasteiger charge is 2.35. The Labute approximate surface area is 131 Å². The molecule has 0 fully saturated rings. The van der Waals surface area contributed by atoms with E-state index < -0.39 is 17.3 Å². The molecule has 0 amide bonds. The zero-order valence-corrected chi connectivity index (χ0v) is 12.6. The lowest BCUT2D eigenvalue weighted by atomic mass is 9.80. The number of rotatable bonds is 2. The number of carbonyl (C=O) groups is 1. The summed E-state index contributed by atoms with van der Waals surface area (Å²) >= 11 is 0. The van der Waals surface area contributed by atoms with E-state index in [0.717, 1.165) is 0 Å². The van der Waals surface area contributed by atoms with Crippen LogP contribution in [0.15, 0.2) is 40.3 Å². The third-order valence-corrected chi connectivity index (χ3v) is 3.86. The van der Waals surface area contributed by atoms with Crippen LogP contribution >= 0.6 is 0 Å². The van der Waals surface area contributed by atoms with Crippen molar-refractivity contribution in [1.82, 2.24) is 9.97 Å². The van der Waals surface area contributed by atoms with Crippen molar-refractivity contribution in [2.75, 3.05) is 11.1 Å². The molecule has 3 rings (SSSR count). The van der Waals surface area contributed by atoms with Gasteiger partial charge in [0, 0.05) is 16.8 Å². The molecule has 118 valence electrons. The molecule has 2 heterocycles. The molecule has 0 bridgehead atoms. The number of hydrogen-bond donors (Lipinski definition) is 3. The van der Waals surface area contributed by atoms with Crippen molar-refractivity contribution in [3.8, 4) is 0 Å². The number of anilines is 2. The summed E-state index contributed by atoms with van der Waals surface area (Å²) in [6.45, 7) is 3.07. The van der Waals surface area contributed by atoms with Crippen LogP contribution in [0.4, 0.5) is 16.2 Å². The van der Waals surface area contributed by atoms with Crippen LogP contribution in [-0.4, -0.2) is 15.8 Å². The van der Waals surface area contributed by atoms with Crippen LogP contribution in [0.3, 0.4) is 0 Å². The molecule has 0 spiro atoms. The van der Waals surface area contributed by atoms with E-state index in [1.807, 2.05) is 0 Å². The van der Waals surface area contributed by atoms with Gasteiger partial charge in [-0.3, -0.25) is 14.6 Å². The SMILES string of the molecule is CC(=O)C1=C(C)Nc2nc(N)[nH]c(=O)c2C1c1ccccc1F. The molecule has 2 aromatic rings. The molecule has 4 N–H and O–H groups in total. The Hall–Kier alpha value is -2.96. The first-order chi connectivity index (χ1) is 10.9. The molecule has 0 radical (unpaired) electrons. The first-order valence-corrected chi connectivity index (χ1v) is 7.03. The number of nitrogens with one attached hydrogen (secondary N) is 2. The van der Waals surface area contributed by atoms with Crippen LogP contribution in [-0.2, 0) is 4.79 Å². The van der Waals surface area contributed by atoms with Crippen LogP contribution in [0.5, 0.6) is 0 Å². The molecule has 1 aromatic carbocycles. The molecule has 7 heteroatoms. The summed E-state index contributed by atoms with van der Waals surface area (Å²) in [7, 11) is 0. The second-order valence-corrected chi connectivity index (χ2v) is 5.39. The van der Waals surface area contributed by atoms with Crippen LogP contribution in [0.1, 0.15) is 30.9 Å². The molecule has 1 unspecified atom stereocenters. The number of ketones is 1. The Morgan fingerprint density at radius 3 is 2.70 bits per heavy atom. The molecular weight excluding hydrogens is 299 g/mol. The summed E-state index contributed by atoms with van der Waals surface area (Å²) in [4.78, 5) is 31.0. The number of nitrogens with zero attached hydrogens (tertiary/aromatic N) is 1. The Morgan fingerprint density at radius 2 is 2.04 bits per heavy atom. The van der Waals surface area contributed by atoms with Crippen molar-refractivity contribution in [2.45, 2.75) is 19.8 Å². The maximum Gasteiger partial charge on any atom is 0.258 e. The Balaban J connectivity index is 2.36. The van der Waals surface area contributed by atoms with Crippen molar-refractivity contribution in [3.63, 3.8) is 0 Å². The Bertz CT molecular complexity index is 901. The van der Waals surface area contributed by atoms with Gasteiger partial charge in [0.1, 0.15) is 11.6 Å². The van der Waals surface area contributed by atoms with Crippen molar-refractivity contribution in [1.29, 1.82) is 0 Å². The van der Waals surface area contributed by atoms with E-state index in [9.17, 15) is 14.0 Å². The summed E-state index contributed by atoms with van der Waals surface area (Å²) in [5.41, 5.74) is 6.36. The maximum atomic E-state index is 14.3. The minimum absolute atomic E-state index is 0.0485. The zero-order chi connectivity index (χ0) is 16.7. The molecule has 1 aliphatic rings. The summed E-state index contributed by atoms with van der Waals surface area (Å²) in [6, 6.07) is 6.06. The molecule has 0 aliphatic carbocycles. The third kappa shape index (κ3) is 2.40. The van der Waals surface area contributed by atoms with Crippen molar-refractivity contribution >= 4 is 17.5 Å². The number of halogens is 1. The number of allylic oxidation sites excluding steroid dienone is 2. The minimum atomic E-state index is -0.832. The van der Waals surface area contributed by atoms with E-state index in [4.69, 9.17) is 5.73 Å². The highest BCUT2D eigenvalue weighted by atomic mass is 19.1. The van der Waals surface area contributed by atoms with Gasteiger partial charge in [-0.1, -0.05) is 18.2 Å². The van der Waals surface area contributed by atoms with Gasteiger partial charge in [-0.15, -0.1) is 0 Å². The predicted molar refractivity (Wildman–Crippen MR) is 84.5 cm³/mol. The lowest BCUT2D eigenvalue weighted by Crippen LogP contribution is -2.30. The van der Waals surface area contributed by atoms with Gasteiger partial charge in [0.05, 0.1) is 11.5 Å². The Kier molecular flexibility index (Phi) is 3.48. The Morgan fingerprint density at radius 1 is 1.35 bits per heavy atom. The highest BCUT2D eigenvalue weighted by Crippen LogP contribution is 2.40. The molecule has 1 atom stereocenters. The standard InChI is InChI=1S/C16H15FN4O2/c1-7-11(8(2)22)12(9-5-3-4-6-10(9)17)13-14(19-7)20-16(18)21-15(13)23/h3-6,12H,1-2H3,(H4,18,19,20,21,23). The van der Waals surface area contributed by atoms with E-state index in [1.165, 1.54) is 13.0 Å². The number of nitrogens with two attached hydrogens (primary N) is 1. The van der Waals surface area contributed by atoms with Gasteiger partial charge in [0.2, 0.25) is 5.95 Å². The van der Waals surface area contributed by atoms with Gasteiger partial charge >= 0.3 is 0 Å². The minimum Gasteiger partial charge on any atom is -0.369 e. The topological polar surface area (TPSA) is 101 Å². The fraction of sp³-hybridized carbons (Fsp3) is 0.188. The quantitative estimate of drug-likeness (QED) is 0.786. The second-order valence-electron chi connectivity index (χ2n) is 5.39. The smallest absolute Gasteiger partial charge is 0.258 e. The first-order valence-electron chi connectivity index (χ1n) is 7.03. The monoisotopic (exact) mass is 314 g/mol. The average molecular weight is 314 g/mol. The van der Waals surface area contributed by atoms with Crippen LogP contribution in [0.2, 0.25) is 0 Å². The van der Waals surface area contributed by atoms with Gasteiger partial charge in [-0.25, -0.2) is 4.39 Å². The van der Waals surface area contributed by atoms with E-state index in [2.05, 4.69) is 15.3 Å². The normalized spacial score (nSPS) is 16.7. The number of aromatic nitrogens is 2. The van der Waals surface area contributed by atoms with Gasteiger partial charge in [-0.05, 0) is 19.9 Å². The molecule has 1 aromatic heterocycles. The van der Waals surface area contributed by atoms with Crippen LogP contribution in [0, 0.1) is 5.82 Å². The van der Waals surface area contributed by atoms with Gasteiger partial charge in [-0.2, -0.15) is 4.98 Å². The second kappa shape index (κ2) is 5.35. The van der Waals surface area contributed by atoms with Crippen molar-refractivity contribution in [3.05, 3.63) is 62.8 Å². The molecule has 0 saturated heterocycles. The van der Waals surface area contributed by atoms with Crippen molar-refractivity contribution < 1.29 is 9.18 Å². The first kappa shape index (κ1) is 15.0. The summed E-state index contributed by atoms with van der Waals surface area (Å²) in [5, 5.41) is 2.92. The van der Waals surface area contributed by atoms with Crippen LogP contribution in [0.25, 0.3) is 0 Å². The summed E-state index contributed by atoms with van der Waals surface area (Å²) < 4.78 is 14.3. The molecule has 0 saturated carbocycles. The average Bonchev–Trinajstić information content (AvgIpc) is 2.45. The number of aromatic amines is 1. The molecule has 1 aliphatic heterocycles. The number of benzene rings is 1. The fourth-order valence-corrected chi connectivity index (χ4v) is 2.96. The van der Waals surface area contributed by atoms with E-state index in [-0.39, 0.29) is 28.7 Å². The number of nitrogen functional groups attached to an aromatic ring is 1. The summed E-state index contributed by atoms with van der Waals surface area (Å²) in [6.07, 6.45) is 0. The summed E-state index contributed by atoms with van der Waals surface area (Å²) in [5.74, 6) is -1.38. The van der Waals surface area contributed by atoms with Gasteiger partial charge in [0.25, 0.3) is 5.56 Å². The lowest BCUT2D eigenvalue weighted by Gasteiger charge is -2.28. The molecular formula is C16H15FN4O2. The van der Waals surface area contributed by atoms with E-state index in [0.29, 0.717) is 11.3 Å². The van der Waals surface area contributed by atoms with Gasteiger partial charge in [0.15, 0.2) is 5.78 Å². The lowest BCUT2D eigenvalue weighted by molar-refractivity contribution is -0.113. The number of Topliss-reactive ketones (excluding diaryl/α,β-unsaturated/α-hetero) is 1. The van der Waals surface area contributed by atoms with E-state index in [1.54, 1.807) is 25.1 Å². The maximum absolute atomic E-state index is 14.3. The number of carbonyl (C=O) groups excluding carboxylic acids is 1. The van der Waals surface area contributed by atoms with E-state index >= 15 is 0 Å². The predicted octanol–water partition coefficient (Wildman–Crippen LogP) is 1.91. The largest absolute Gasteiger partial charge is 0.369 e. The number of H-pyrrole nitrogens is 1.